The Hall–Kier alpha value is -1.71. The molecule has 13 heavy (non-hydrogen) atoms. The van der Waals surface area contributed by atoms with Crippen LogP contribution in [0.15, 0.2) is 33.9 Å². The molecule has 0 bridgehead atoms. The highest BCUT2D eigenvalue weighted by molar-refractivity contribution is 5.56. The molecular weight excluding hydrogens is 168 g/mol. The molecule has 2 aromatic heterocycles. The van der Waals surface area contributed by atoms with Gasteiger partial charge in [0.1, 0.15) is 0 Å². The van der Waals surface area contributed by atoms with Crippen molar-refractivity contribution in [3.8, 4) is 11.3 Å². The molecule has 0 atom stereocenters. The van der Waals surface area contributed by atoms with Crippen LogP contribution in [-0.2, 0) is 6.54 Å². The Labute approximate surface area is 74.8 Å². The van der Waals surface area contributed by atoms with E-state index in [1.807, 2.05) is 13.0 Å². The standard InChI is InChI=1S/C9H10N2O2/c1-2-11-9(12)5-8(10-11)7-3-4-13-6-7/h3-6,10H,2H2,1H3. The number of H-pyrrole nitrogens is 1. The molecule has 0 aliphatic heterocycles. The number of rotatable bonds is 2. The van der Waals surface area contributed by atoms with E-state index in [1.54, 1.807) is 23.3 Å². The number of aromatic nitrogens is 2. The molecule has 0 spiro atoms. The molecule has 0 aliphatic rings. The van der Waals surface area contributed by atoms with Gasteiger partial charge in [0, 0.05) is 18.2 Å². The van der Waals surface area contributed by atoms with E-state index in [9.17, 15) is 4.79 Å². The van der Waals surface area contributed by atoms with Gasteiger partial charge in [-0.3, -0.25) is 14.6 Å². The average molecular weight is 178 g/mol. The highest BCUT2D eigenvalue weighted by Crippen LogP contribution is 2.14. The maximum absolute atomic E-state index is 11.3. The summed E-state index contributed by atoms with van der Waals surface area (Å²) in [5.41, 5.74) is 1.67. The Bertz CT molecular complexity index is 436. The van der Waals surface area contributed by atoms with Crippen LogP contribution in [0.2, 0.25) is 0 Å². The first-order valence-corrected chi connectivity index (χ1v) is 4.13. The maximum Gasteiger partial charge on any atom is 0.267 e. The van der Waals surface area contributed by atoms with E-state index in [0.29, 0.717) is 6.54 Å². The lowest BCUT2D eigenvalue weighted by Gasteiger charge is -1.93. The molecule has 0 aromatic carbocycles. The zero-order chi connectivity index (χ0) is 9.26. The van der Waals surface area contributed by atoms with E-state index in [0.717, 1.165) is 11.3 Å². The molecule has 68 valence electrons. The van der Waals surface area contributed by atoms with E-state index >= 15 is 0 Å². The van der Waals surface area contributed by atoms with Gasteiger partial charge in [0.15, 0.2) is 0 Å². The highest BCUT2D eigenvalue weighted by atomic mass is 16.3. The third kappa shape index (κ3) is 1.30. The van der Waals surface area contributed by atoms with Crippen LogP contribution in [0.4, 0.5) is 0 Å². The van der Waals surface area contributed by atoms with Crippen molar-refractivity contribution in [2.24, 2.45) is 0 Å². The number of furan rings is 1. The zero-order valence-corrected chi connectivity index (χ0v) is 7.28. The van der Waals surface area contributed by atoms with Gasteiger partial charge in [0.2, 0.25) is 0 Å². The van der Waals surface area contributed by atoms with Crippen molar-refractivity contribution in [1.82, 2.24) is 9.78 Å². The lowest BCUT2D eigenvalue weighted by Crippen LogP contribution is -2.13. The van der Waals surface area contributed by atoms with Gasteiger partial charge in [-0.05, 0) is 13.0 Å². The average Bonchev–Trinajstić information content (AvgIpc) is 2.71. The molecule has 0 amide bonds. The normalized spacial score (nSPS) is 10.5. The summed E-state index contributed by atoms with van der Waals surface area (Å²) >= 11 is 0. The van der Waals surface area contributed by atoms with Gasteiger partial charge in [-0.1, -0.05) is 0 Å². The summed E-state index contributed by atoms with van der Waals surface area (Å²) in [6.45, 7) is 2.56. The second kappa shape index (κ2) is 2.97. The van der Waals surface area contributed by atoms with Crippen LogP contribution in [0.5, 0.6) is 0 Å². The Morgan fingerprint density at radius 1 is 1.62 bits per heavy atom. The molecule has 2 heterocycles. The number of nitrogens with one attached hydrogen (secondary N) is 1. The van der Waals surface area contributed by atoms with Crippen molar-refractivity contribution in [2.75, 3.05) is 0 Å². The van der Waals surface area contributed by atoms with Crippen LogP contribution >= 0.6 is 0 Å². The second-order valence-electron chi connectivity index (χ2n) is 2.76. The molecule has 0 saturated carbocycles. The molecular formula is C9H10N2O2. The fraction of sp³-hybridized carbons (Fsp3) is 0.222. The lowest BCUT2D eigenvalue weighted by molar-refractivity contribution is 0.567. The molecule has 0 saturated heterocycles. The predicted octanol–water partition coefficient (Wildman–Crippen LogP) is 1.46. The summed E-state index contributed by atoms with van der Waals surface area (Å²) in [5.74, 6) is 0. The van der Waals surface area contributed by atoms with Crippen LogP contribution in [0.3, 0.4) is 0 Å². The monoisotopic (exact) mass is 178 g/mol. The van der Waals surface area contributed by atoms with Crippen molar-refractivity contribution >= 4 is 0 Å². The fourth-order valence-corrected chi connectivity index (χ4v) is 1.23. The third-order valence-electron chi connectivity index (χ3n) is 1.94. The van der Waals surface area contributed by atoms with Gasteiger partial charge >= 0.3 is 0 Å². The zero-order valence-electron chi connectivity index (χ0n) is 7.28. The van der Waals surface area contributed by atoms with E-state index < -0.39 is 0 Å². The van der Waals surface area contributed by atoms with Crippen LogP contribution in [-0.4, -0.2) is 9.78 Å². The molecule has 0 unspecified atom stereocenters. The third-order valence-corrected chi connectivity index (χ3v) is 1.94. The summed E-state index contributed by atoms with van der Waals surface area (Å²) < 4.78 is 6.46. The molecule has 0 aliphatic carbocycles. The van der Waals surface area contributed by atoms with E-state index in [-0.39, 0.29) is 5.56 Å². The van der Waals surface area contributed by atoms with E-state index in [4.69, 9.17) is 4.42 Å². The van der Waals surface area contributed by atoms with E-state index in [1.165, 1.54) is 0 Å². The number of aromatic amines is 1. The minimum atomic E-state index is -0.0151. The summed E-state index contributed by atoms with van der Waals surface area (Å²) in [4.78, 5) is 11.3. The van der Waals surface area contributed by atoms with Crippen molar-refractivity contribution in [3.05, 3.63) is 35.0 Å². The predicted molar refractivity (Wildman–Crippen MR) is 48.4 cm³/mol. The molecule has 4 nitrogen and oxygen atoms in total. The Kier molecular flexibility index (Phi) is 1.81. The summed E-state index contributed by atoms with van der Waals surface area (Å²) in [6.07, 6.45) is 3.18. The first kappa shape index (κ1) is 7.91. The molecule has 4 heteroatoms. The Morgan fingerprint density at radius 3 is 3.00 bits per heavy atom. The largest absolute Gasteiger partial charge is 0.472 e. The van der Waals surface area contributed by atoms with E-state index in [2.05, 4.69) is 5.10 Å². The first-order chi connectivity index (χ1) is 6.31. The van der Waals surface area contributed by atoms with Crippen molar-refractivity contribution in [3.63, 3.8) is 0 Å². The van der Waals surface area contributed by atoms with Crippen molar-refractivity contribution in [1.29, 1.82) is 0 Å². The number of hydrogen-bond donors (Lipinski definition) is 1. The highest BCUT2D eigenvalue weighted by Gasteiger charge is 2.04. The summed E-state index contributed by atoms with van der Waals surface area (Å²) in [6, 6.07) is 3.37. The SMILES string of the molecule is CCn1[nH]c(-c2ccoc2)cc1=O. The molecule has 2 aromatic rings. The van der Waals surface area contributed by atoms with Crippen LogP contribution < -0.4 is 5.56 Å². The van der Waals surface area contributed by atoms with Gasteiger partial charge in [-0.25, -0.2) is 0 Å². The van der Waals surface area contributed by atoms with Gasteiger partial charge in [0.05, 0.1) is 18.2 Å². The Balaban J connectivity index is 2.49. The maximum atomic E-state index is 11.3. The van der Waals surface area contributed by atoms with Crippen molar-refractivity contribution < 1.29 is 4.42 Å². The smallest absolute Gasteiger partial charge is 0.267 e. The number of aryl methyl sites for hydroxylation is 1. The molecule has 0 fully saturated rings. The number of hydrogen-bond acceptors (Lipinski definition) is 2. The van der Waals surface area contributed by atoms with Gasteiger partial charge < -0.3 is 4.42 Å². The summed E-state index contributed by atoms with van der Waals surface area (Å²) in [5, 5.41) is 2.98. The van der Waals surface area contributed by atoms with Crippen LogP contribution in [0, 0.1) is 0 Å². The quantitative estimate of drug-likeness (QED) is 0.756. The van der Waals surface area contributed by atoms with Crippen molar-refractivity contribution in [2.45, 2.75) is 13.5 Å². The van der Waals surface area contributed by atoms with Crippen LogP contribution in [0.25, 0.3) is 11.3 Å². The van der Waals surface area contributed by atoms with Gasteiger partial charge in [-0.2, -0.15) is 0 Å². The first-order valence-electron chi connectivity index (χ1n) is 4.13. The molecule has 2 rings (SSSR count). The fourth-order valence-electron chi connectivity index (χ4n) is 1.23. The second-order valence-corrected chi connectivity index (χ2v) is 2.76. The van der Waals surface area contributed by atoms with Crippen LogP contribution in [0.1, 0.15) is 6.92 Å². The molecule has 1 N–H and O–H groups in total. The minimum absolute atomic E-state index is 0.0151. The minimum Gasteiger partial charge on any atom is -0.472 e. The van der Waals surface area contributed by atoms with Gasteiger partial charge in [-0.15, -0.1) is 0 Å². The summed E-state index contributed by atoms with van der Waals surface area (Å²) in [7, 11) is 0. The molecule has 0 radical (unpaired) electrons. The Morgan fingerprint density at radius 2 is 2.46 bits per heavy atom. The topological polar surface area (TPSA) is 50.9 Å². The lowest BCUT2D eigenvalue weighted by atomic mass is 10.2. The van der Waals surface area contributed by atoms with Gasteiger partial charge in [0.25, 0.3) is 5.56 Å². The number of nitrogens with zero attached hydrogens (tertiary/aromatic N) is 1.